The molecule has 7 heteroatoms. The second-order valence-electron chi connectivity index (χ2n) is 7.38. The first kappa shape index (κ1) is 23.0. The first-order valence-corrected chi connectivity index (χ1v) is 11.4. The molecule has 1 amide bonds. The highest BCUT2D eigenvalue weighted by Crippen LogP contribution is 2.33. The number of rotatable bonds is 10. The van der Waals surface area contributed by atoms with E-state index in [0.717, 1.165) is 29.7 Å². The third kappa shape index (κ3) is 6.94. The van der Waals surface area contributed by atoms with Crippen LogP contribution < -0.4 is 4.74 Å². The Morgan fingerprint density at radius 3 is 2.65 bits per heavy atom. The van der Waals surface area contributed by atoms with Crippen molar-refractivity contribution in [3.8, 4) is 5.75 Å². The van der Waals surface area contributed by atoms with E-state index in [-0.39, 0.29) is 12.3 Å². The predicted molar refractivity (Wildman–Crippen MR) is 128 cm³/mol. The lowest BCUT2D eigenvalue weighted by atomic mass is 10.1. The summed E-state index contributed by atoms with van der Waals surface area (Å²) in [5, 5.41) is 8.69. The molecule has 0 spiro atoms. The molecule has 1 saturated heterocycles. The van der Waals surface area contributed by atoms with Gasteiger partial charge >= 0.3 is 5.97 Å². The average molecular weight is 456 g/mol. The van der Waals surface area contributed by atoms with Gasteiger partial charge in [0.25, 0.3) is 5.91 Å². The van der Waals surface area contributed by atoms with E-state index in [2.05, 4.69) is 19.1 Å². The molecule has 1 aliphatic rings. The van der Waals surface area contributed by atoms with E-state index in [1.807, 2.05) is 42.5 Å². The zero-order valence-corrected chi connectivity index (χ0v) is 19.0. The number of aryl methyl sites for hydroxylation is 1. The van der Waals surface area contributed by atoms with Crippen molar-refractivity contribution in [1.29, 1.82) is 0 Å². The Labute approximate surface area is 192 Å². The number of benzene rings is 2. The predicted octanol–water partition coefficient (Wildman–Crippen LogP) is 5.42. The van der Waals surface area contributed by atoms with Crippen LogP contribution in [0, 0.1) is 6.92 Å². The number of hydrogen-bond acceptors (Lipinski definition) is 5. The van der Waals surface area contributed by atoms with E-state index in [0.29, 0.717) is 28.8 Å². The van der Waals surface area contributed by atoms with Gasteiger partial charge in [-0.15, -0.1) is 0 Å². The third-order valence-electron chi connectivity index (χ3n) is 4.81. The standard InChI is InChI=1S/C24H25NO4S2/c1-17-6-5-7-19(14-17)16-29-20-11-9-18(10-12-20)15-21-23(28)25(24(30)31-21)13-4-2-3-8-22(26)27/h5-7,9-12,14-15H,2-4,8,13,16H2,1H3,(H,26,27)/b21-15+. The minimum absolute atomic E-state index is 0.0898. The molecule has 5 nitrogen and oxygen atoms in total. The van der Waals surface area contributed by atoms with Gasteiger partial charge in [-0.1, -0.05) is 72.4 Å². The molecule has 162 valence electrons. The van der Waals surface area contributed by atoms with Gasteiger partial charge in [0.05, 0.1) is 4.91 Å². The van der Waals surface area contributed by atoms with Crippen LogP contribution in [0.3, 0.4) is 0 Å². The second kappa shape index (κ2) is 11.1. The second-order valence-corrected chi connectivity index (χ2v) is 9.06. The number of aliphatic carboxylic acids is 1. The lowest BCUT2D eigenvalue weighted by molar-refractivity contribution is -0.137. The van der Waals surface area contributed by atoms with E-state index in [9.17, 15) is 9.59 Å². The van der Waals surface area contributed by atoms with Crippen molar-refractivity contribution >= 4 is 46.3 Å². The fraction of sp³-hybridized carbons (Fsp3) is 0.292. The molecule has 0 bridgehead atoms. The normalized spacial score (nSPS) is 15.0. The number of carboxylic acid groups (broad SMARTS) is 1. The van der Waals surface area contributed by atoms with Crippen molar-refractivity contribution in [2.75, 3.05) is 6.54 Å². The van der Waals surface area contributed by atoms with Crippen LogP contribution >= 0.6 is 24.0 Å². The number of thiocarbonyl (C=S) groups is 1. The van der Waals surface area contributed by atoms with Gasteiger partial charge in [0.1, 0.15) is 16.7 Å². The van der Waals surface area contributed by atoms with Gasteiger partial charge in [0.2, 0.25) is 0 Å². The quantitative estimate of drug-likeness (QED) is 0.293. The number of unbranched alkanes of at least 4 members (excludes halogenated alkanes) is 2. The SMILES string of the molecule is Cc1cccc(COc2ccc(/C=C3/SC(=S)N(CCCCCC(=O)O)C3=O)cc2)c1. The van der Waals surface area contributed by atoms with Gasteiger partial charge in [-0.25, -0.2) is 0 Å². The number of nitrogens with zero attached hydrogens (tertiary/aromatic N) is 1. The molecule has 0 atom stereocenters. The van der Waals surface area contributed by atoms with Crippen LogP contribution in [0.15, 0.2) is 53.4 Å². The minimum Gasteiger partial charge on any atom is -0.489 e. The Hall–Kier alpha value is -2.64. The minimum atomic E-state index is -0.792. The van der Waals surface area contributed by atoms with Gasteiger partial charge < -0.3 is 9.84 Å². The van der Waals surface area contributed by atoms with Crippen molar-refractivity contribution in [3.63, 3.8) is 0 Å². The Kier molecular flexibility index (Phi) is 8.26. The van der Waals surface area contributed by atoms with E-state index in [1.165, 1.54) is 17.3 Å². The van der Waals surface area contributed by atoms with E-state index in [1.54, 1.807) is 4.90 Å². The smallest absolute Gasteiger partial charge is 0.303 e. The van der Waals surface area contributed by atoms with Crippen molar-refractivity contribution in [2.45, 2.75) is 39.2 Å². The molecule has 31 heavy (non-hydrogen) atoms. The number of carboxylic acids is 1. The molecule has 2 aromatic carbocycles. The summed E-state index contributed by atoms with van der Waals surface area (Å²) in [5.41, 5.74) is 3.23. The highest BCUT2D eigenvalue weighted by Gasteiger charge is 2.31. The van der Waals surface area contributed by atoms with Gasteiger partial charge in [-0.2, -0.15) is 0 Å². The largest absolute Gasteiger partial charge is 0.489 e. The molecule has 0 aliphatic carbocycles. The highest BCUT2D eigenvalue weighted by atomic mass is 32.2. The first-order valence-electron chi connectivity index (χ1n) is 10.2. The molecule has 0 radical (unpaired) electrons. The number of carbonyl (C=O) groups excluding carboxylic acids is 1. The van der Waals surface area contributed by atoms with Crippen LogP contribution in [0.4, 0.5) is 0 Å². The fourth-order valence-electron chi connectivity index (χ4n) is 3.20. The molecule has 3 rings (SSSR count). The maximum atomic E-state index is 12.7. The van der Waals surface area contributed by atoms with Crippen LogP contribution in [0.5, 0.6) is 5.75 Å². The number of amides is 1. The van der Waals surface area contributed by atoms with Gasteiger partial charge in [0.15, 0.2) is 0 Å². The van der Waals surface area contributed by atoms with Crippen molar-refractivity contribution in [2.24, 2.45) is 0 Å². The molecule has 1 aliphatic heterocycles. The van der Waals surface area contributed by atoms with Crippen LogP contribution in [-0.2, 0) is 16.2 Å². The summed E-state index contributed by atoms with van der Waals surface area (Å²) in [6, 6.07) is 15.8. The average Bonchev–Trinajstić information content (AvgIpc) is 3.00. The first-order chi connectivity index (χ1) is 14.9. The summed E-state index contributed by atoms with van der Waals surface area (Å²) < 4.78 is 6.40. The zero-order valence-electron chi connectivity index (χ0n) is 17.4. The summed E-state index contributed by atoms with van der Waals surface area (Å²) in [7, 11) is 0. The van der Waals surface area contributed by atoms with E-state index in [4.69, 9.17) is 22.1 Å². The monoisotopic (exact) mass is 455 g/mol. The maximum Gasteiger partial charge on any atom is 0.303 e. The van der Waals surface area contributed by atoms with Crippen molar-refractivity contribution in [3.05, 3.63) is 70.1 Å². The molecular formula is C24H25NO4S2. The maximum absolute atomic E-state index is 12.7. The number of carbonyl (C=O) groups is 2. The Morgan fingerprint density at radius 2 is 1.94 bits per heavy atom. The van der Waals surface area contributed by atoms with Crippen LogP contribution in [0.25, 0.3) is 6.08 Å². The lowest BCUT2D eigenvalue weighted by Gasteiger charge is -2.13. The van der Waals surface area contributed by atoms with Crippen LogP contribution in [0.1, 0.15) is 42.4 Å². The number of thioether (sulfide) groups is 1. The third-order valence-corrected chi connectivity index (χ3v) is 6.19. The van der Waals surface area contributed by atoms with Crippen molar-refractivity contribution < 1.29 is 19.4 Å². The topological polar surface area (TPSA) is 66.8 Å². The summed E-state index contributed by atoms with van der Waals surface area (Å²) in [5.74, 6) is -0.110. The van der Waals surface area contributed by atoms with Crippen molar-refractivity contribution in [1.82, 2.24) is 4.90 Å². The molecule has 1 N–H and O–H groups in total. The summed E-state index contributed by atoms with van der Waals surface area (Å²) in [6.45, 7) is 3.08. The molecule has 1 heterocycles. The Morgan fingerprint density at radius 1 is 1.16 bits per heavy atom. The van der Waals surface area contributed by atoms with Crippen LogP contribution in [-0.4, -0.2) is 32.7 Å². The molecular weight excluding hydrogens is 430 g/mol. The van der Waals surface area contributed by atoms with Gasteiger partial charge in [-0.3, -0.25) is 14.5 Å². The Balaban J connectivity index is 1.53. The lowest BCUT2D eigenvalue weighted by Crippen LogP contribution is -2.29. The summed E-state index contributed by atoms with van der Waals surface area (Å²) in [4.78, 5) is 25.5. The van der Waals surface area contributed by atoms with Crippen LogP contribution in [0.2, 0.25) is 0 Å². The van der Waals surface area contributed by atoms with E-state index < -0.39 is 5.97 Å². The Bertz CT molecular complexity index is 985. The molecule has 2 aromatic rings. The molecule has 0 unspecified atom stereocenters. The van der Waals surface area contributed by atoms with Gasteiger partial charge in [0, 0.05) is 13.0 Å². The molecule has 0 saturated carbocycles. The zero-order chi connectivity index (χ0) is 22.2. The molecule has 0 aromatic heterocycles. The number of ether oxygens (including phenoxy) is 1. The highest BCUT2D eigenvalue weighted by molar-refractivity contribution is 8.26. The fourth-order valence-corrected chi connectivity index (χ4v) is 4.50. The van der Waals surface area contributed by atoms with Gasteiger partial charge in [-0.05, 0) is 49.1 Å². The summed E-state index contributed by atoms with van der Waals surface area (Å²) in [6.07, 6.45) is 4.10. The van der Waals surface area contributed by atoms with E-state index >= 15 is 0 Å². The molecule has 1 fully saturated rings. The summed E-state index contributed by atoms with van der Waals surface area (Å²) >= 11 is 6.66. The number of hydrogen-bond donors (Lipinski definition) is 1.